The Morgan fingerprint density at radius 3 is 2.40 bits per heavy atom. The second-order valence-electron chi connectivity index (χ2n) is 6.23. The Morgan fingerprint density at radius 1 is 0.933 bits per heavy atom. The molecule has 0 heterocycles. The van der Waals surface area contributed by atoms with Crippen molar-refractivity contribution in [1.29, 1.82) is 0 Å². The molecule has 0 bridgehead atoms. The maximum atomic E-state index is 2.28. The molecule has 0 spiro atoms. The molecule has 2 aliphatic rings. The van der Waals surface area contributed by atoms with Gasteiger partial charge in [-0.05, 0) is 49.4 Å². The van der Waals surface area contributed by atoms with Crippen LogP contribution in [-0.2, 0) is 0 Å². The van der Waals surface area contributed by atoms with Crippen molar-refractivity contribution < 1.29 is 0 Å². The van der Waals surface area contributed by atoms with Gasteiger partial charge in [-0.1, -0.05) is 46.0 Å². The van der Waals surface area contributed by atoms with Crippen LogP contribution in [0.25, 0.3) is 0 Å². The molecule has 3 atom stereocenters. The van der Waals surface area contributed by atoms with Gasteiger partial charge in [0.1, 0.15) is 0 Å². The predicted octanol–water partition coefficient (Wildman–Crippen LogP) is 4.99. The Bertz CT molecular complexity index is 182. The molecule has 3 unspecified atom stereocenters. The first-order valence-corrected chi connectivity index (χ1v) is 7.04. The molecule has 0 aromatic carbocycles. The molecular weight excluding hydrogens is 180 g/mol. The molecule has 2 aliphatic carbocycles. The van der Waals surface area contributed by atoms with Crippen molar-refractivity contribution in [2.75, 3.05) is 0 Å². The van der Waals surface area contributed by atoms with E-state index in [4.69, 9.17) is 0 Å². The van der Waals surface area contributed by atoms with Gasteiger partial charge in [0.25, 0.3) is 0 Å². The number of hydrogen-bond acceptors (Lipinski definition) is 0. The lowest BCUT2D eigenvalue weighted by Gasteiger charge is -2.39. The molecule has 1 radical (unpaired) electrons. The Hall–Kier alpha value is 0. The lowest BCUT2D eigenvalue weighted by Crippen LogP contribution is -2.27. The SMILES string of the molecule is C[C](C)CCC1CCC2CCCCC2C1. The van der Waals surface area contributed by atoms with Crippen LogP contribution in [0.2, 0.25) is 0 Å². The van der Waals surface area contributed by atoms with Gasteiger partial charge >= 0.3 is 0 Å². The first-order valence-electron chi connectivity index (χ1n) is 7.04. The molecule has 0 amide bonds. The van der Waals surface area contributed by atoms with Crippen molar-refractivity contribution in [3.05, 3.63) is 5.92 Å². The molecule has 0 N–H and O–H groups in total. The summed E-state index contributed by atoms with van der Waals surface area (Å²) in [6.45, 7) is 4.57. The second kappa shape index (κ2) is 5.37. The normalized spacial score (nSPS) is 36.6. The molecule has 2 saturated carbocycles. The van der Waals surface area contributed by atoms with E-state index in [2.05, 4.69) is 13.8 Å². The van der Waals surface area contributed by atoms with Gasteiger partial charge in [-0.3, -0.25) is 0 Å². The third-order valence-electron chi connectivity index (χ3n) is 4.70. The van der Waals surface area contributed by atoms with Crippen LogP contribution in [-0.4, -0.2) is 0 Å². The molecule has 15 heavy (non-hydrogen) atoms. The minimum absolute atomic E-state index is 1.07. The highest BCUT2D eigenvalue weighted by atomic mass is 14.4. The van der Waals surface area contributed by atoms with E-state index in [0.717, 1.165) is 17.8 Å². The summed E-state index contributed by atoms with van der Waals surface area (Å²) in [7, 11) is 0. The number of fused-ring (bicyclic) bond motifs is 1. The van der Waals surface area contributed by atoms with Crippen LogP contribution < -0.4 is 0 Å². The van der Waals surface area contributed by atoms with E-state index in [1.165, 1.54) is 32.1 Å². The average molecular weight is 207 g/mol. The fourth-order valence-electron chi connectivity index (χ4n) is 3.73. The van der Waals surface area contributed by atoms with Gasteiger partial charge < -0.3 is 0 Å². The number of hydrogen-bond donors (Lipinski definition) is 0. The Balaban J connectivity index is 1.75. The quantitative estimate of drug-likeness (QED) is 0.612. The smallest absolute Gasteiger partial charge is 0.0303 e. The van der Waals surface area contributed by atoms with Crippen LogP contribution in [0.5, 0.6) is 0 Å². The van der Waals surface area contributed by atoms with E-state index in [-0.39, 0.29) is 0 Å². The molecule has 0 aromatic heterocycles. The summed E-state index contributed by atoms with van der Waals surface area (Å²) < 4.78 is 0. The topological polar surface area (TPSA) is 0 Å². The maximum Gasteiger partial charge on any atom is -0.0303 e. The Kier molecular flexibility index (Phi) is 4.11. The van der Waals surface area contributed by atoms with Gasteiger partial charge in [0.15, 0.2) is 0 Å². The molecule has 0 heteroatoms. The molecule has 0 aliphatic heterocycles. The van der Waals surface area contributed by atoms with Crippen molar-refractivity contribution in [2.45, 2.75) is 71.6 Å². The highest BCUT2D eigenvalue weighted by Crippen LogP contribution is 2.44. The third-order valence-corrected chi connectivity index (χ3v) is 4.70. The number of rotatable bonds is 3. The van der Waals surface area contributed by atoms with E-state index in [0.29, 0.717) is 0 Å². The van der Waals surface area contributed by atoms with Gasteiger partial charge in [-0.2, -0.15) is 0 Å². The first kappa shape index (κ1) is 11.5. The lowest BCUT2D eigenvalue weighted by molar-refractivity contribution is 0.125. The standard InChI is InChI=1S/C15H27/c1-12(2)7-8-13-9-10-14-5-3-4-6-15(14)11-13/h13-15H,3-11H2,1-2H3. The van der Waals surface area contributed by atoms with E-state index >= 15 is 0 Å². The largest absolute Gasteiger partial charge is 0.0594 e. The van der Waals surface area contributed by atoms with Crippen LogP contribution in [0, 0.1) is 23.7 Å². The highest BCUT2D eigenvalue weighted by Gasteiger charge is 2.31. The minimum Gasteiger partial charge on any atom is -0.0594 e. The van der Waals surface area contributed by atoms with Crippen LogP contribution >= 0.6 is 0 Å². The zero-order valence-electron chi connectivity index (χ0n) is 10.6. The summed E-state index contributed by atoms with van der Waals surface area (Å²) in [6.07, 6.45) is 13.7. The lowest BCUT2D eigenvalue weighted by atomic mass is 9.66. The zero-order chi connectivity index (χ0) is 10.7. The van der Waals surface area contributed by atoms with Gasteiger partial charge in [0.2, 0.25) is 0 Å². The van der Waals surface area contributed by atoms with E-state index in [1.807, 2.05) is 0 Å². The van der Waals surface area contributed by atoms with Crippen LogP contribution in [0.4, 0.5) is 0 Å². The van der Waals surface area contributed by atoms with Crippen LogP contribution in [0.15, 0.2) is 0 Å². The monoisotopic (exact) mass is 207 g/mol. The fourth-order valence-corrected chi connectivity index (χ4v) is 3.73. The van der Waals surface area contributed by atoms with Crippen LogP contribution in [0.3, 0.4) is 0 Å². The molecular formula is C15H27. The van der Waals surface area contributed by atoms with Crippen molar-refractivity contribution in [1.82, 2.24) is 0 Å². The molecule has 2 rings (SSSR count). The van der Waals surface area contributed by atoms with Gasteiger partial charge in [-0.25, -0.2) is 0 Å². The molecule has 0 aromatic rings. The fraction of sp³-hybridized carbons (Fsp3) is 0.933. The van der Waals surface area contributed by atoms with Crippen molar-refractivity contribution in [3.8, 4) is 0 Å². The maximum absolute atomic E-state index is 2.28. The second-order valence-corrected chi connectivity index (χ2v) is 6.23. The molecule has 0 saturated heterocycles. The van der Waals surface area contributed by atoms with Crippen molar-refractivity contribution in [3.63, 3.8) is 0 Å². The average Bonchev–Trinajstić information content (AvgIpc) is 2.26. The summed E-state index contributed by atoms with van der Waals surface area (Å²) in [5.41, 5.74) is 0. The van der Waals surface area contributed by atoms with E-state index < -0.39 is 0 Å². The van der Waals surface area contributed by atoms with E-state index in [1.54, 1.807) is 31.6 Å². The van der Waals surface area contributed by atoms with Crippen LogP contribution in [0.1, 0.15) is 71.6 Å². The highest BCUT2D eigenvalue weighted by molar-refractivity contribution is 4.85. The first-order chi connectivity index (χ1) is 7.25. The van der Waals surface area contributed by atoms with Crippen molar-refractivity contribution >= 4 is 0 Å². The van der Waals surface area contributed by atoms with Gasteiger partial charge in [-0.15, -0.1) is 0 Å². The predicted molar refractivity (Wildman–Crippen MR) is 66.6 cm³/mol. The summed E-state index contributed by atoms with van der Waals surface area (Å²) >= 11 is 0. The zero-order valence-corrected chi connectivity index (χ0v) is 10.6. The molecule has 0 nitrogen and oxygen atoms in total. The Labute approximate surface area is 95.8 Å². The molecule has 87 valence electrons. The summed E-state index contributed by atoms with van der Waals surface area (Å²) in [5, 5.41) is 0. The van der Waals surface area contributed by atoms with E-state index in [9.17, 15) is 0 Å². The van der Waals surface area contributed by atoms with Gasteiger partial charge in [0, 0.05) is 0 Å². The summed E-state index contributed by atoms with van der Waals surface area (Å²) in [4.78, 5) is 0. The van der Waals surface area contributed by atoms with Crippen molar-refractivity contribution in [2.24, 2.45) is 17.8 Å². The minimum atomic E-state index is 1.07. The molecule has 2 fully saturated rings. The van der Waals surface area contributed by atoms with Gasteiger partial charge in [0.05, 0.1) is 0 Å². The third kappa shape index (κ3) is 3.23. The summed E-state index contributed by atoms with van der Waals surface area (Å²) in [6, 6.07) is 0. The summed E-state index contributed by atoms with van der Waals surface area (Å²) in [5.74, 6) is 4.94. The Morgan fingerprint density at radius 2 is 1.67 bits per heavy atom.